The molecule has 152 valence electrons. The number of halogens is 1. The van der Waals surface area contributed by atoms with Gasteiger partial charge in [0.1, 0.15) is 16.6 Å². The molecule has 1 aromatic heterocycles. The van der Waals surface area contributed by atoms with E-state index in [1.54, 1.807) is 7.05 Å². The number of fused-ring (bicyclic) bond motifs is 1. The number of likely N-dealkylation sites (N-methyl/N-ethyl adjacent to an activating group) is 1. The van der Waals surface area contributed by atoms with E-state index in [0.29, 0.717) is 5.75 Å². The number of hydrogen-bond acceptors (Lipinski definition) is 6. The van der Waals surface area contributed by atoms with Crippen molar-refractivity contribution in [3.8, 4) is 5.75 Å². The molecule has 0 fully saturated rings. The quantitative estimate of drug-likeness (QED) is 0.545. The van der Waals surface area contributed by atoms with Crippen molar-refractivity contribution < 1.29 is 23.5 Å². The van der Waals surface area contributed by atoms with Gasteiger partial charge in [0, 0.05) is 7.05 Å². The number of benzene rings is 2. The molecule has 1 amide bonds. The molecular weight excluding hydrogens is 395 g/mol. The summed E-state index contributed by atoms with van der Waals surface area (Å²) in [5.74, 6) is -1.09. The van der Waals surface area contributed by atoms with E-state index in [-0.39, 0.29) is 11.9 Å². The Morgan fingerprint density at radius 1 is 1.14 bits per heavy atom. The average molecular weight is 416 g/mol. The number of nitrogens with zero attached hydrogens (tertiary/aromatic N) is 2. The number of rotatable bonds is 7. The van der Waals surface area contributed by atoms with E-state index in [4.69, 9.17) is 9.47 Å². The predicted molar refractivity (Wildman–Crippen MR) is 108 cm³/mol. The van der Waals surface area contributed by atoms with Crippen LogP contribution in [0, 0.1) is 5.82 Å². The highest BCUT2D eigenvalue weighted by atomic mass is 32.1. The number of carbonyl (C=O) groups is 2. The van der Waals surface area contributed by atoms with Crippen LogP contribution in [0.4, 0.5) is 4.39 Å². The lowest BCUT2D eigenvalue weighted by molar-refractivity contribution is -0.157. The molecule has 3 aromatic rings. The van der Waals surface area contributed by atoms with Crippen molar-refractivity contribution >= 4 is 33.4 Å². The van der Waals surface area contributed by atoms with E-state index in [2.05, 4.69) is 4.98 Å². The highest BCUT2D eigenvalue weighted by molar-refractivity contribution is 7.18. The zero-order chi connectivity index (χ0) is 21.0. The molecule has 2 aromatic carbocycles. The van der Waals surface area contributed by atoms with Crippen LogP contribution in [0.2, 0.25) is 0 Å². The summed E-state index contributed by atoms with van der Waals surface area (Å²) in [5, 5.41) is 0.807. The molecule has 0 spiro atoms. The molecule has 0 aliphatic heterocycles. The third-order valence-electron chi connectivity index (χ3n) is 4.44. The lowest BCUT2D eigenvalue weighted by atomic mass is 10.3. The lowest BCUT2D eigenvalue weighted by Crippen LogP contribution is -2.35. The Hall–Kier alpha value is -3.00. The zero-order valence-electron chi connectivity index (χ0n) is 16.3. The molecular formula is C21H21FN2O4S. The Balaban J connectivity index is 1.53. The zero-order valence-corrected chi connectivity index (χ0v) is 17.1. The van der Waals surface area contributed by atoms with E-state index in [0.717, 1.165) is 15.2 Å². The average Bonchev–Trinajstić information content (AvgIpc) is 3.16. The van der Waals surface area contributed by atoms with Crippen molar-refractivity contribution in [2.24, 2.45) is 0 Å². The summed E-state index contributed by atoms with van der Waals surface area (Å²) in [6.45, 7) is 2.98. The lowest BCUT2D eigenvalue weighted by Gasteiger charge is -2.23. The van der Waals surface area contributed by atoms with Crippen molar-refractivity contribution in [2.45, 2.75) is 26.0 Å². The van der Waals surface area contributed by atoms with Gasteiger partial charge in [0.15, 0.2) is 12.7 Å². The van der Waals surface area contributed by atoms with Gasteiger partial charge in [-0.1, -0.05) is 12.1 Å². The third kappa shape index (κ3) is 5.08. The summed E-state index contributed by atoms with van der Waals surface area (Å²) in [6.07, 6.45) is -0.930. The summed E-state index contributed by atoms with van der Waals surface area (Å²) in [7, 11) is 1.64. The molecule has 0 aliphatic rings. The number of esters is 1. The normalized spacial score (nSPS) is 13.0. The topological polar surface area (TPSA) is 68.7 Å². The van der Waals surface area contributed by atoms with Gasteiger partial charge in [-0.3, -0.25) is 4.79 Å². The van der Waals surface area contributed by atoms with E-state index in [1.165, 1.54) is 47.4 Å². The number of thiazole rings is 1. The Morgan fingerprint density at radius 2 is 1.83 bits per heavy atom. The first kappa shape index (κ1) is 20.7. The van der Waals surface area contributed by atoms with Gasteiger partial charge >= 0.3 is 5.97 Å². The van der Waals surface area contributed by atoms with Gasteiger partial charge in [0.2, 0.25) is 0 Å². The number of amides is 1. The highest BCUT2D eigenvalue weighted by Crippen LogP contribution is 2.28. The van der Waals surface area contributed by atoms with Crippen LogP contribution in [0.5, 0.6) is 5.75 Å². The van der Waals surface area contributed by atoms with Gasteiger partial charge in [-0.2, -0.15) is 0 Å². The fourth-order valence-electron chi connectivity index (χ4n) is 2.57. The highest BCUT2D eigenvalue weighted by Gasteiger charge is 2.23. The number of aromatic nitrogens is 1. The molecule has 0 saturated heterocycles. The van der Waals surface area contributed by atoms with Crippen LogP contribution in [-0.4, -0.2) is 41.5 Å². The van der Waals surface area contributed by atoms with Gasteiger partial charge < -0.3 is 14.4 Å². The van der Waals surface area contributed by atoms with Crippen LogP contribution < -0.4 is 4.74 Å². The van der Waals surface area contributed by atoms with Crippen molar-refractivity contribution in [1.29, 1.82) is 0 Å². The molecule has 0 unspecified atom stereocenters. The minimum Gasteiger partial charge on any atom is -0.479 e. The van der Waals surface area contributed by atoms with Crippen LogP contribution in [0.3, 0.4) is 0 Å². The molecule has 6 nitrogen and oxygen atoms in total. The molecule has 0 N–H and O–H groups in total. The predicted octanol–water partition coefficient (Wildman–Crippen LogP) is 3.97. The molecule has 1 heterocycles. The molecule has 0 saturated carbocycles. The largest absolute Gasteiger partial charge is 0.479 e. The maximum absolute atomic E-state index is 12.9. The maximum Gasteiger partial charge on any atom is 0.347 e. The number of ether oxygens (including phenoxy) is 2. The monoisotopic (exact) mass is 416 g/mol. The van der Waals surface area contributed by atoms with Crippen LogP contribution in [-0.2, 0) is 14.3 Å². The molecule has 0 radical (unpaired) electrons. The smallest absolute Gasteiger partial charge is 0.347 e. The fourth-order valence-corrected chi connectivity index (χ4v) is 3.63. The van der Waals surface area contributed by atoms with Gasteiger partial charge in [0.25, 0.3) is 5.91 Å². The van der Waals surface area contributed by atoms with Gasteiger partial charge in [0.05, 0.1) is 16.3 Å². The summed E-state index contributed by atoms with van der Waals surface area (Å²) in [5.41, 5.74) is 0.887. The molecule has 8 heteroatoms. The van der Waals surface area contributed by atoms with Crippen LogP contribution in [0.15, 0.2) is 48.5 Å². The summed E-state index contributed by atoms with van der Waals surface area (Å²) in [4.78, 5) is 30.6. The van der Waals surface area contributed by atoms with E-state index in [9.17, 15) is 14.0 Å². The first-order chi connectivity index (χ1) is 13.8. The van der Waals surface area contributed by atoms with E-state index >= 15 is 0 Å². The van der Waals surface area contributed by atoms with E-state index in [1.807, 2.05) is 31.2 Å². The Bertz CT molecular complexity index is 972. The Morgan fingerprint density at radius 3 is 2.52 bits per heavy atom. The molecule has 2 atom stereocenters. The maximum atomic E-state index is 12.9. The second-order valence-electron chi connectivity index (χ2n) is 6.52. The first-order valence-electron chi connectivity index (χ1n) is 9.05. The van der Waals surface area contributed by atoms with Crippen molar-refractivity contribution in [3.05, 3.63) is 59.4 Å². The van der Waals surface area contributed by atoms with Crippen molar-refractivity contribution in [2.75, 3.05) is 13.7 Å². The van der Waals surface area contributed by atoms with E-state index < -0.39 is 24.5 Å². The Kier molecular flexibility index (Phi) is 6.43. The SMILES string of the molecule is C[C@H](Oc1ccc(F)cc1)C(=O)OCC(=O)N(C)[C@H](C)c1nc2ccccc2s1. The Labute approximate surface area is 171 Å². The standard InChI is InChI=1S/C21H21FN2O4S/c1-13(20-23-17-6-4-5-7-18(17)29-20)24(3)19(25)12-27-21(26)14(2)28-16-10-8-15(22)9-11-16/h4-11,13-14H,12H2,1-3H3/t13-,14+/m1/s1. The number of hydrogen-bond donors (Lipinski definition) is 0. The van der Waals surface area contributed by atoms with Crippen molar-refractivity contribution in [1.82, 2.24) is 9.88 Å². The minimum absolute atomic E-state index is 0.258. The summed E-state index contributed by atoms with van der Waals surface area (Å²) in [6, 6.07) is 12.8. The molecule has 0 aliphatic carbocycles. The summed E-state index contributed by atoms with van der Waals surface area (Å²) >= 11 is 1.52. The third-order valence-corrected chi connectivity index (χ3v) is 5.65. The summed E-state index contributed by atoms with van der Waals surface area (Å²) < 4.78 is 24.5. The molecule has 0 bridgehead atoms. The van der Waals surface area contributed by atoms with Crippen molar-refractivity contribution in [3.63, 3.8) is 0 Å². The van der Waals surface area contributed by atoms with Crippen LogP contribution >= 0.6 is 11.3 Å². The molecule has 3 rings (SSSR count). The first-order valence-corrected chi connectivity index (χ1v) is 9.87. The number of carbonyl (C=O) groups excluding carboxylic acids is 2. The van der Waals surface area contributed by atoms with Crippen LogP contribution in [0.1, 0.15) is 24.9 Å². The fraction of sp³-hybridized carbons (Fsp3) is 0.286. The minimum atomic E-state index is -0.930. The number of para-hydroxylation sites is 1. The van der Waals surface area contributed by atoms with Crippen LogP contribution in [0.25, 0.3) is 10.2 Å². The second-order valence-corrected chi connectivity index (χ2v) is 7.58. The second kappa shape index (κ2) is 9.00. The molecule has 29 heavy (non-hydrogen) atoms. The van der Waals surface area contributed by atoms with Gasteiger partial charge in [-0.15, -0.1) is 11.3 Å². The van der Waals surface area contributed by atoms with Gasteiger partial charge in [-0.05, 0) is 50.2 Å². The van der Waals surface area contributed by atoms with Gasteiger partial charge in [-0.25, -0.2) is 14.2 Å².